The van der Waals surface area contributed by atoms with Gasteiger partial charge in [0.15, 0.2) is 10.4 Å². The lowest BCUT2D eigenvalue weighted by molar-refractivity contribution is -0.122. The number of nitrogens with one attached hydrogen (secondary N) is 1. The van der Waals surface area contributed by atoms with Crippen molar-refractivity contribution < 1.29 is 9.53 Å². The van der Waals surface area contributed by atoms with E-state index in [1.165, 1.54) is 16.9 Å². The van der Waals surface area contributed by atoms with Crippen molar-refractivity contribution in [1.82, 2.24) is 10.2 Å². The number of benzene rings is 1. The van der Waals surface area contributed by atoms with E-state index in [9.17, 15) is 4.79 Å². The fourth-order valence-electron chi connectivity index (χ4n) is 1.99. The summed E-state index contributed by atoms with van der Waals surface area (Å²) < 4.78 is 6.66. The van der Waals surface area contributed by atoms with E-state index in [4.69, 9.17) is 4.74 Å². The molecule has 2 rings (SSSR count). The molecule has 0 aliphatic heterocycles. The monoisotopic (exact) mass is 365 g/mol. The normalized spacial score (nSPS) is 12.2. The molecule has 1 N–H and O–H groups in total. The van der Waals surface area contributed by atoms with Crippen molar-refractivity contribution in [2.75, 3.05) is 5.32 Å². The van der Waals surface area contributed by atoms with Gasteiger partial charge in [-0.1, -0.05) is 62.9 Å². The summed E-state index contributed by atoms with van der Waals surface area (Å²) in [4.78, 5) is 12.4. The average Bonchev–Trinajstić information content (AvgIpc) is 2.99. The predicted octanol–water partition coefficient (Wildman–Crippen LogP) is 4.40. The van der Waals surface area contributed by atoms with Gasteiger partial charge < -0.3 is 4.74 Å². The molecular weight excluding hydrogens is 342 g/mol. The van der Waals surface area contributed by atoms with E-state index >= 15 is 0 Å². The number of carbonyl (C=O) groups excluding carboxylic acids is 1. The number of amides is 1. The van der Waals surface area contributed by atoms with Crippen LogP contribution in [-0.4, -0.2) is 27.5 Å². The number of ether oxygens (including phenoxy) is 1. The third-order valence-corrected chi connectivity index (χ3v) is 5.17. The smallest absolute Gasteiger partial charge is 0.267 e. The third kappa shape index (κ3) is 5.49. The van der Waals surface area contributed by atoms with Crippen LogP contribution in [0.2, 0.25) is 0 Å². The summed E-state index contributed by atoms with van der Waals surface area (Å²) in [7, 11) is 0. The first-order chi connectivity index (χ1) is 11.5. The molecule has 0 unspecified atom stereocenters. The lowest BCUT2D eigenvalue weighted by Gasteiger charge is -2.16. The van der Waals surface area contributed by atoms with Gasteiger partial charge in [0.2, 0.25) is 5.13 Å². The van der Waals surface area contributed by atoms with Gasteiger partial charge in [0.1, 0.15) is 5.75 Å². The Morgan fingerprint density at radius 2 is 1.96 bits per heavy atom. The number of thioether (sulfide) groups is 1. The first kappa shape index (κ1) is 18.7. The number of anilines is 1. The van der Waals surface area contributed by atoms with Gasteiger partial charge >= 0.3 is 0 Å². The quantitative estimate of drug-likeness (QED) is 0.555. The standard InChI is InChI=1S/C17H23N3O2S2/c1-5-12-7-9-13(10-8-12)22-14(6-2)15(21)18-16-19-20-17(24-16)23-11(3)4/h7-11,14H,5-6H2,1-4H3,(H,18,19,21)/t14-/m0/s1. The zero-order chi connectivity index (χ0) is 17.5. The van der Waals surface area contributed by atoms with Crippen molar-refractivity contribution in [3.8, 4) is 5.75 Å². The van der Waals surface area contributed by atoms with Crippen molar-refractivity contribution in [2.45, 2.75) is 56.2 Å². The molecule has 1 atom stereocenters. The van der Waals surface area contributed by atoms with Crippen molar-refractivity contribution in [1.29, 1.82) is 0 Å². The van der Waals surface area contributed by atoms with Crippen LogP contribution in [0, 0.1) is 0 Å². The minimum absolute atomic E-state index is 0.200. The highest BCUT2D eigenvalue weighted by Gasteiger charge is 2.20. The Balaban J connectivity index is 1.96. The van der Waals surface area contributed by atoms with Crippen LogP contribution < -0.4 is 10.1 Å². The molecular formula is C17H23N3O2S2. The molecule has 0 bridgehead atoms. The van der Waals surface area contributed by atoms with Crippen LogP contribution in [0.1, 0.15) is 39.7 Å². The van der Waals surface area contributed by atoms with Crippen LogP contribution in [0.4, 0.5) is 5.13 Å². The summed E-state index contributed by atoms with van der Waals surface area (Å²) >= 11 is 3.01. The number of aryl methyl sites for hydroxylation is 1. The molecule has 130 valence electrons. The predicted molar refractivity (Wildman–Crippen MR) is 100 cm³/mol. The molecule has 1 amide bonds. The van der Waals surface area contributed by atoms with Gasteiger partial charge in [-0.2, -0.15) is 0 Å². The Morgan fingerprint density at radius 3 is 2.54 bits per heavy atom. The zero-order valence-electron chi connectivity index (χ0n) is 14.4. The molecule has 1 aromatic carbocycles. The maximum atomic E-state index is 12.4. The van der Waals surface area contributed by atoms with E-state index < -0.39 is 6.10 Å². The second kappa shape index (κ2) is 9.03. The Hall–Kier alpha value is -1.60. The van der Waals surface area contributed by atoms with E-state index in [1.54, 1.807) is 11.8 Å². The largest absolute Gasteiger partial charge is 0.481 e. The van der Waals surface area contributed by atoms with Gasteiger partial charge in [0.05, 0.1) is 0 Å². The van der Waals surface area contributed by atoms with E-state index in [1.807, 2.05) is 31.2 Å². The molecule has 0 aliphatic rings. The zero-order valence-corrected chi connectivity index (χ0v) is 16.0. The molecule has 24 heavy (non-hydrogen) atoms. The summed E-state index contributed by atoms with van der Waals surface area (Å²) in [6, 6.07) is 7.83. The minimum Gasteiger partial charge on any atom is -0.481 e. The van der Waals surface area contributed by atoms with Crippen molar-refractivity contribution >= 4 is 34.1 Å². The second-order valence-electron chi connectivity index (χ2n) is 5.54. The number of hydrogen-bond acceptors (Lipinski definition) is 6. The molecule has 0 spiro atoms. The number of rotatable bonds is 8. The van der Waals surface area contributed by atoms with Crippen LogP contribution in [0.25, 0.3) is 0 Å². The summed E-state index contributed by atoms with van der Waals surface area (Å²) in [6.07, 6.45) is 1.00. The molecule has 0 saturated carbocycles. The van der Waals surface area contributed by atoms with Crippen molar-refractivity contribution in [2.24, 2.45) is 0 Å². The van der Waals surface area contributed by atoms with E-state index in [0.29, 0.717) is 22.6 Å². The molecule has 0 fully saturated rings. The topological polar surface area (TPSA) is 64.1 Å². The van der Waals surface area contributed by atoms with Crippen LogP contribution >= 0.6 is 23.1 Å². The summed E-state index contributed by atoms with van der Waals surface area (Å²) in [5.74, 6) is 0.497. The molecule has 1 aromatic heterocycles. The number of aromatic nitrogens is 2. The Kier molecular flexibility index (Phi) is 7.05. The maximum absolute atomic E-state index is 12.4. The SMILES string of the molecule is CCc1ccc(O[C@@H](CC)C(=O)Nc2nnc(SC(C)C)s2)cc1. The molecule has 0 saturated heterocycles. The summed E-state index contributed by atoms with van der Waals surface area (Å²) in [5, 5.41) is 11.8. The van der Waals surface area contributed by atoms with Crippen LogP contribution in [-0.2, 0) is 11.2 Å². The molecule has 0 aliphatic carbocycles. The van der Waals surface area contributed by atoms with Gasteiger partial charge in [-0.25, -0.2) is 0 Å². The van der Waals surface area contributed by atoms with Gasteiger partial charge in [-0.3, -0.25) is 10.1 Å². The molecule has 5 nitrogen and oxygen atoms in total. The van der Waals surface area contributed by atoms with E-state index in [2.05, 4.69) is 36.3 Å². The summed E-state index contributed by atoms with van der Waals surface area (Å²) in [5.41, 5.74) is 1.24. The number of hydrogen-bond donors (Lipinski definition) is 1. The van der Waals surface area contributed by atoms with Crippen LogP contribution in [0.3, 0.4) is 0 Å². The van der Waals surface area contributed by atoms with Crippen molar-refractivity contribution in [3.05, 3.63) is 29.8 Å². The lowest BCUT2D eigenvalue weighted by atomic mass is 10.2. The lowest BCUT2D eigenvalue weighted by Crippen LogP contribution is -2.32. The molecule has 1 heterocycles. The van der Waals surface area contributed by atoms with Crippen LogP contribution in [0.15, 0.2) is 28.6 Å². The Labute approximate surface area is 151 Å². The fourth-order valence-corrected chi connectivity index (χ4v) is 3.96. The fraction of sp³-hybridized carbons (Fsp3) is 0.471. The minimum atomic E-state index is -0.553. The molecule has 7 heteroatoms. The van der Waals surface area contributed by atoms with Crippen LogP contribution in [0.5, 0.6) is 5.75 Å². The average molecular weight is 366 g/mol. The van der Waals surface area contributed by atoms with Gasteiger partial charge in [-0.05, 0) is 30.5 Å². The van der Waals surface area contributed by atoms with Gasteiger partial charge in [0.25, 0.3) is 5.91 Å². The summed E-state index contributed by atoms with van der Waals surface area (Å²) in [6.45, 7) is 8.21. The highest BCUT2D eigenvalue weighted by atomic mass is 32.2. The van der Waals surface area contributed by atoms with E-state index in [-0.39, 0.29) is 5.91 Å². The highest BCUT2D eigenvalue weighted by molar-refractivity contribution is 8.01. The Morgan fingerprint density at radius 1 is 1.25 bits per heavy atom. The van der Waals surface area contributed by atoms with Gasteiger partial charge in [0, 0.05) is 5.25 Å². The first-order valence-corrected chi connectivity index (χ1v) is 9.78. The number of nitrogens with zero attached hydrogens (tertiary/aromatic N) is 2. The van der Waals surface area contributed by atoms with E-state index in [0.717, 1.165) is 10.8 Å². The molecule has 2 aromatic rings. The highest BCUT2D eigenvalue weighted by Crippen LogP contribution is 2.28. The molecule has 0 radical (unpaired) electrons. The van der Waals surface area contributed by atoms with Crippen molar-refractivity contribution in [3.63, 3.8) is 0 Å². The second-order valence-corrected chi connectivity index (χ2v) is 8.34. The maximum Gasteiger partial charge on any atom is 0.267 e. The van der Waals surface area contributed by atoms with Gasteiger partial charge in [-0.15, -0.1) is 10.2 Å². The Bertz CT molecular complexity index is 656. The number of carbonyl (C=O) groups is 1. The third-order valence-electron chi connectivity index (χ3n) is 3.25. The first-order valence-electron chi connectivity index (χ1n) is 8.08.